The number of hydrogen-bond donors (Lipinski definition) is 1. The third kappa shape index (κ3) is 1.66. The molecule has 1 atom stereocenters. The van der Waals surface area contributed by atoms with Crippen LogP contribution in [-0.2, 0) is 0 Å². The van der Waals surface area contributed by atoms with Crippen LogP contribution in [0, 0.1) is 10.1 Å². The molecular formula is C6H10N2O3. The van der Waals surface area contributed by atoms with Crippen LogP contribution in [0.5, 0.6) is 0 Å². The minimum atomic E-state index is -0.742. The molecule has 0 amide bonds. The van der Waals surface area contributed by atoms with Gasteiger partial charge in [0.15, 0.2) is 0 Å². The highest BCUT2D eigenvalue weighted by Gasteiger charge is 2.30. The lowest BCUT2D eigenvalue weighted by Crippen LogP contribution is -2.32. The van der Waals surface area contributed by atoms with Gasteiger partial charge in [0.2, 0.25) is 0 Å². The predicted octanol–water partition coefficient (Wildman–Crippen LogP) is 1.04. The summed E-state index contributed by atoms with van der Waals surface area (Å²) in [7, 11) is 0. The Labute approximate surface area is 63.9 Å². The van der Waals surface area contributed by atoms with Gasteiger partial charge in [-0.25, -0.2) is 0 Å². The van der Waals surface area contributed by atoms with Gasteiger partial charge < -0.3 is 5.21 Å². The van der Waals surface area contributed by atoms with E-state index in [1.807, 2.05) is 0 Å². The van der Waals surface area contributed by atoms with E-state index < -0.39 is 6.04 Å². The second kappa shape index (κ2) is 3.32. The Balaban J connectivity index is 2.67. The highest BCUT2D eigenvalue weighted by Crippen LogP contribution is 2.17. The smallest absolute Gasteiger partial charge is 0.254 e. The standard InChI is InChI=1S/C6H10N2O3/c9-7-5-3-1-2-4-6(5)8(10)11/h6,9H,1-4H2/b7-5+. The SMILES string of the molecule is O=[N+]([O-])C1CCCC/C1=N\O. The maximum Gasteiger partial charge on any atom is 0.254 e. The van der Waals surface area contributed by atoms with Crippen molar-refractivity contribution in [2.24, 2.45) is 5.16 Å². The Morgan fingerprint density at radius 1 is 1.64 bits per heavy atom. The Kier molecular flexibility index (Phi) is 2.40. The monoisotopic (exact) mass is 158 g/mol. The van der Waals surface area contributed by atoms with Gasteiger partial charge in [0.25, 0.3) is 6.04 Å². The van der Waals surface area contributed by atoms with E-state index in [4.69, 9.17) is 5.21 Å². The number of rotatable bonds is 1. The van der Waals surface area contributed by atoms with Crippen molar-refractivity contribution in [3.05, 3.63) is 10.1 Å². The average Bonchev–Trinajstić information content (AvgIpc) is 2.04. The van der Waals surface area contributed by atoms with Crippen LogP contribution in [0.2, 0.25) is 0 Å². The molecule has 0 aromatic rings. The van der Waals surface area contributed by atoms with E-state index in [0.29, 0.717) is 18.6 Å². The predicted molar refractivity (Wildman–Crippen MR) is 38.5 cm³/mol. The van der Waals surface area contributed by atoms with Gasteiger partial charge in [0.1, 0.15) is 5.71 Å². The summed E-state index contributed by atoms with van der Waals surface area (Å²) in [6.45, 7) is 0. The minimum absolute atomic E-state index is 0.321. The van der Waals surface area contributed by atoms with Gasteiger partial charge >= 0.3 is 0 Å². The lowest BCUT2D eigenvalue weighted by Gasteiger charge is -2.15. The zero-order valence-electron chi connectivity index (χ0n) is 6.06. The molecule has 1 N–H and O–H groups in total. The van der Waals surface area contributed by atoms with E-state index in [9.17, 15) is 10.1 Å². The van der Waals surface area contributed by atoms with E-state index in [2.05, 4.69) is 5.16 Å². The molecule has 0 aromatic carbocycles. The molecule has 5 heteroatoms. The molecule has 5 nitrogen and oxygen atoms in total. The molecule has 1 unspecified atom stereocenters. The van der Waals surface area contributed by atoms with Crippen LogP contribution in [-0.4, -0.2) is 21.9 Å². The van der Waals surface area contributed by atoms with E-state index >= 15 is 0 Å². The fourth-order valence-corrected chi connectivity index (χ4v) is 1.32. The van der Waals surface area contributed by atoms with E-state index in [1.54, 1.807) is 0 Å². The summed E-state index contributed by atoms with van der Waals surface area (Å²) >= 11 is 0. The van der Waals surface area contributed by atoms with Crippen LogP contribution in [0.4, 0.5) is 0 Å². The lowest BCUT2D eigenvalue weighted by atomic mass is 9.94. The van der Waals surface area contributed by atoms with Gasteiger partial charge in [-0.2, -0.15) is 0 Å². The zero-order valence-corrected chi connectivity index (χ0v) is 6.06. The fraction of sp³-hybridized carbons (Fsp3) is 0.833. The molecule has 0 aliphatic heterocycles. The molecule has 0 heterocycles. The molecular weight excluding hydrogens is 148 g/mol. The molecule has 0 bridgehead atoms. The zero-order chi connectivity index (χ0) is 8.27. The van der Waals surface area contributed by atoms with Crippen LogP contribution >= 0.6 is 0 Å². The number of hydrogen-bond acceptors (Lipinski definition) is 4. The maximum atomic E-state index is 10.3. The molecule has 0 aromatic heterocycles. The summed E-state index contributed by atoms with van der Waals surface area (Å²) in [5, 5.41) is 21.7. The molecule has 1 aliphatic rings. The van der Waals surface area contributed by atoms with Gasteiger partial charge in [0.05, 0.1) is 0 Å². The second-order valence-electron chi connectivity index (χ2n) is 2.64. The maximum absolute atomic E-state index is 10.3. The molecule has 0 radical (unpaired) electrons. The van der Waals surface area contributed by atoms with Gasteiger partial charge in [-0.15, -0.1) is 0 Å². The number of nitro groups is 1. The minimum Gasteiger partial charge on any atom is -0.411 e. The average molecular weight is 158 g/mol. The third-order valence-corrected chi connectivity index (χ3v) is 1.93. The van der Waals surface area contributed by atoms with Crippen LogP contribution < -0.4 is 0 Å². The summed E-state index contributed by atoms with van der Waals surface area (Å²) < 4.78 is 0. The molecule has 1 fully saturated rings. The summed E-state index contributed by atoms with van der Waals surface area (Å²) in [5.41, 5.74) is 0.321. The molecule has 62 valence electrons. The Bertz CT molecular complexity index is 190. The van der Waals surface area contributed by atoms with Crippen molar-refractivity contribution < 1.29 is 10.1 Å². The first-order valence-electron chi connectivity index (χ1n) is 3.60. The molecule has 11 heavy (non-hydrogen) atoms. The van der Waals surface area contributed by atoms with Gasteiger partial charge in [-0.3, -0.25) is 10.1 Å². The van der Waals surface area contributed by atoms with Crippen LogP contribution in [0.15, 0.2) is 5.16 Å². The third-order valence-electron chi connectivity index (χ3n) is 1.93. The first-order chi connectivity index (χ1) is 5.25. The molecule has 0 saturated heterocycles. The Morgan fingerprint density at radius 3 is 2.82 bits per heavy atom. The van der Waals surface area contributed by atoms with Crippen molar-refractivity contribution in [1.82, 2.24) is 0 Å². The Hall–Kier alpha value is -1.13. The van der Waals surface area contributed by atoms with E-state index in [0.717, 1.165) is 12.8 Å². The van der Waals surface area contributed by atoms with Crippen LogP contribution in [0.25, 0.3) is 0 Å². The molecule has 1 rings (SSSR count). The first-order valence-corrected chi connectivity index (χ1v) is 3.60. The van der Waals surface area contributed by atoms with E-state index in [1.165, 1.54) is 0 Å². The van der Waals surface area contributed by atoms with Crippen LogP contribution in [0.3, 0.4) is 0 Å². The topological polar surface area (TPSA) is 75.7 Å². The quantitative estimate of drug-likeness (QED) is 0.352. The summed E-state index contributed by atoms with van der Waals surface area (Å²) in [4.78, 5) is 9.96. The molecule has 1 saturated carbocycles. The van der Waals surface area contributed by atoms with Crippen molar-refractivity contribution >= 4 is 5.71 Å². The lowest BCUT2D eigenvalue weighted by molar-refractivity contribution is -0.505. The largest absolute Gasteiger partial charge is 0.411 e. The van der Waals surface area contributed by atoms with Crippen molar-refractivity contribution in [2.45, 2.75) is 31.7 Å². The van der Waals surface area contributed by atoms with Crippen molar-refractivity contribution in [2.75, 3.05) is 0 Å². The highest BCUT2D eigenvalue weighted by atomic mass is 16.6. The number of nitrogens with zero attached hydrogens (tertiary/aromatic N) is 2. The van der Waals surface area contributed by atoms with Gasteiger partial charge in [0, 0.05) is 11.3 Å². The normalized spacial score (nSPS) is 28.7. The molecule has 0 spiro atoms. The van der Waals surface area contributed by atoms with Crippen molar-refractivity contribution in [3.8, 4) is 0 Å². The molecule has 1 aliphatic carbocycles. The first kappa shape index (κ1) is 7.97. The van der Waals surface area contributed by atoms with Crippen molar-refractivity contribution in [1.29, 1.82) is 0 Å². The fourth-order valence-electron chi connectivity index (χ4n) is 1.32. The highest BCUT2D eigenvalue weighted by molar-refractivity contribution is 5.88. The van der Waals surface area contributed by atoms with Gasteiger partial charge in [-0.1, -0.05) is 5.16 Å². The van der Waals surface area contributed by atoms with E-state index in [-0.39, 0.29) is 4.92 Å². The summed E-state index contributed by atoms with van der Waals surface area (Å²) in [6, 6.07) is -0.742. The van der Waals surface area contributed by atoms with Crippen LogP contribution in [0.1, 0.15) is 25.7 Å². The summed E-state index contributed by atoms with van der Waals surface area (Å²) in [5.74, 6) is 0. The Morgan fingerprint density at radius 2 is 2.36 bits per heavy atom. The van der Waals surface area contributed by atoms with Gasteiger partial charge in [-0.05, 0) is 19.3 Å². The number of oxime groups is 1. The summed E-state index contributed by atoms with van der Waals surface area (Å²) in [6.07, 6.45) is 2.81. The second-order valence-corrected chi connectivity index (χ2v) is 2.64. The van der Waals surface area contributed by atoms with Crippen molar-refractivity contribution in [3.63, 3.8) is 0 Å².